The van der Waals surface area contributed by atoms with E-state index >= 15 is 0 Å². The minimum absolute atomic E-state index is 0.0181. The van der Waals surface area contributed by atoms with Gasteiger partial charge in [0.05, 0.1) is 32.0 Å². The van der Waals surface area contributed by atoms with Gasteiger partial charge in [-0.1, -0.05) is 73.1 Å². The molecule has 0 spiro atoms. The van der Waals surface area contributed by atoms with Crippen molar-refractivity contribution in [2.24, 2.45) is 0 Å². The second-order valence-electron chi connectivity index (χ2n) is 7.80. The molecule has 0 aliphatic carbocycles. The molecule has 0 bridgehead atoms. The number of carbonyl (C=O) groups excluding carboxylic acids is 2. The molecule has 4 rings (SSSR count). The lowest BCUT2D eigenvalue weighted by Gasteiger charge is -2.05. The predicted octanol–water partition coefficient (Wildman–Crippen LogP) is 6.27. The molecule has 178 valence electrons. The Bertz CT molecular complexity index is 1480. The van der Waals surface area contributed by atoms with Crippen LogP contribution in [0, 0.1) is 0 Å². The lowest BCUT2D eigenvalue weighted by molar-refractivity contribution is -0.115. The van der Waals surface area contributed by atoms with E-state index in [0.717, 1.165) is 5.56 Å². The summed E-state index contributed by atoms with van der Waals surface area (Å²) in [6, 6.07) is 24.4. The van der Waals surface area contributed by atoms with Crippen LogP contribution in [0.3, 0.4) is 0 Å². The molecule has 1 amide bonds. The Labute approximate surface area is 213 Å². The molecular formula is C27H22ClNO4S2. The van der Waals surface area contributed by atoms with E-state index in [4.69, 9.17) is 11.6 Å². The third-order valence-electron chi connectivity index (χ3n) is 5.43. The number of hydrogen-bond donors (Lipinski definition) is 1. The van der Waals surface area contributed by atoms with Crippen LogP contribution in [0.2, 0.25) is 5.02 Å². The summed E-state index contributed by atoms with van der Waals surface area (Å²) in [5, 5.41) is 3.78. The summed E-state index contributed by atoms with van der Waals surface area (Å²) in [4.78, 5) is 26.8. The molecule has 0 aliphatic heterocycles. The Morgan fingerprint density at radius 1 is 0.914 bits per heavy atom. The van der Waals surface area contributed by atoms with E-state index in [1.54, 1.807) is 49.4 Å². The minimum Gasteiger partial charge on any atom is -0.317 e. The highest BCUT2D eigenvalue weighted by atomic mass is 35.5. The highest BCUT2D eigenvalue weighted by Gasteiger charge is 2.22. The van der Waals surface area contributed by atoms with Crippen molar-refractivity contribution in [3.05, 3.63) is 106 Å². The number of ketones is 1. The largest absolute Gasteiger partial charge is 0.317 e. The highest BCUT2D eigenvalue weighted by molar-refractivity contribution is 7.91. The van der Waals surface area contributed by atoms with Crippen LogP contribution in [-0.4, -0.2) is 25.9 Å². The number of halogens is 1. The van der Waals surface area contributed by atoms with E-state index < -0.39 is 9.84 Å². The summed E-state index contributed by atoms with van der Waals surface area (Å²) in [5.41, 5.74) is 2.65. The van der Waals surface area contributed by atoms with Crippen molar-refractivity contribution in [2.45, 2.75) is 18.2 Å². The maximum Gasteiger partial charge on any atom is 0.229 e. The van der Waals surface area contributed by atoms with Gasteiger partial charge >= 0.3 is 0 Å². The summed E-state index contributed by atoms with van der Waals surface area (Å²) in [6.45, 7) is 1.59. The van der Waals surface area contributed by atoms with Gasteiger partial charge in [-0.3, -0.25) is 9.59 Å². The van der Waals surface area contributed by atoms with Crippen LogP contribution >= 0.6 is 22.9 Å². The molecule has 0 radical (unpaired) electrons. The molecule has 5 nitrogen and oxygen atoms in total. The summed E-state index contributed by atoms with van der Waals surface area (Å²) < 4.78 is 24.0. The first kappa shape index (κ1) is 24.9. The van der Waals surface area contributed by atoms with Gasteiger partial charge in [-0.2, -0.15) is 0 Å². The Hall–Kier alpha value is -3.26. The second kappa shape index (κ2) is 10.6. The minimum atomic E-state index is -3.29. The first-order chi connectivity index (χ1) is 16.8. The fourth-order valence-electron chi connectivity index (χ4n) is 3.57. The number of carbonyl (C=O) groups is 2. The average molecular weight is 524 g/mol. The molecule has 1 N–H and O–H groups in total. The summed E-state index contributed by atoms with van der Waals surface area (Å²) in [7, 11) is -3.29. The van der Waals surface area contributed by atoms with Gasteiger partial charge in [0.15, 0.2) is 9.84 Å². The number of hydrogen-bond acceptors (Lipinski definition) is 5. The summed E-state index contributed by atoms with van der Waals surface area (Å²) in [5.74, 6) is -0.467. The van der Waals surface area contributed by atoms with Crippen LogP contribution in [0.25, 0.3) is 11.1 Å². The Balaban J connectivity index is 1.59. The normalized spacial score (nSPS) is 11.3. The van der Waals surface area contributed by atoms with Gasteiger partial charge in [0.2, 0.25) is 11.7 Å². The van der Waals surface area contributed by atoms with E-state index in [1.165, 1.54) is 23.5 Å². The predicted molar refractivity (Wildman–Crippen MR) is 141 cm³/mol. The second-order valence-corrected chi connectivity index (χ2v) is 11.5. The van der Waals surface area contributed by atoms with Crippen molar-refractivity contribution >= 4 is 49.5 Å². The maximum absolute atomic E-state index is 13.4. The lowest BCUT2D eigenvalue weighted by Crippen LogP contribution is -2.13. The molecule has 0 aliphatic rings. The van der Waals surface area contributed by atoms with Crippen molar-refractivity contribution < 1.29 is 18.0 Å². The maximum atomic E-state index is 13.4. The van der Waals surface area contributed by atoms with Crippen molar-refractivity contribution in [1.29, 1.82) is 0 Å². The number of nitrogens with one attached hydrogen (secondary N) is 1. The standard InChI is InChI=1S/C27H22ClNO4S2/c1-2-35(32,33)20-14-12-18(13-15-20)16-24(30)29-25-17-22(19-8-4-3-5-9-19)27(34-25)26(31)21-10-6-7-11-23(21)28/h3-15,17H,2,16H2,1H3,(H,29,30). The molecular weight excluding hydrogens is 502 g/mol. The van der Waals surface area contributed by atoms with Crippen LogP contribution in [-0.2, 0) is 21.1 Å². The van der Waals surface area contributed by atoms with Gasteiger partial charge in [-0.25, -0.2) is 8.42 Å². The van der Waals surface area contributed by atoms with Gasteiger partial charge < -0.3 is 5.32 Å². The van der Waals surface area contributed by atoms with Gasteiger partial charge in [0, 0.05) is 11.1 Å². The highest BCUT2D eigenvalue weighted by Crippen LogP contribution is 2.37. The summed E-state index contributed by atoms with van der Waals surface area (Å²) in [6.07, 6.45) is 0.0683. The molecule has 35 heavy (non-hydrogen) atoms. The fourth-order valence-corrected chi connectivity index (χ4v) is 5.73. The number of benzene rings is 3. The third-order valence-corrected chi connectivity index (χ3v) is 8.56. The average Bonchev–Trinajstić information content (AvgIpc) is 3.28. The third kappa shape index (κ3) is 5.70. The zero-order chi connectivity index (χ0) is 25.0. The molecule has 0 saturated heterocycles. The quantitative estimate of drug-likeness (QED) is 0.276. The van der Waals surface area contributed by atoms with E-state index in [2.05, 4.69) is 5.32 Å². The van der Waals surface area contributed by atoms with Gasteiger partial charge in [-0.15, -0.1) is 11.3 Å². The number of sulfone groups is 1. The Kier molecular flexibility index (Phi) is 7.50. The van der Waals surface area contributed by atoms with E-state index in [-0.39, 0.29) is 28.8 Å². The molecule has 0 unspecified atom stereocenters. The van der Waals surface area contributed by atoms with Crippen molar-refractivity contribution in [3.8, 4) is 11.1 Å². The molecule has 4 aromatic rings. The molecule has 1 heterocycles. The lowest BCUT2D eigenvalue weighted by atomic mass is 10.0. The van der Waals surface area contributed by atoms with E-state index in [9.17, 15) is 18.0 Å². The Morgan fingerprint density at radius 2 is 1.57 bits per heavy atom. The summed E-state index contributed by atoms with van der Waals surface area (Å²) >= 11 is 7.47. The van der Waals surface area contributed by atoms with Crippen molar-refractivity contribution in [3.63, 3.8) is 0 Å². The fraction of sp³-hybridized carbons (Fsp3) is 0.111. The molecule has 1 aromatic heterocycles. The van der Waals surface area contributed by atoms with Gasteiger partial charge in [0.25, 0.3) is 0 Å². The Morgan fingerprint density at radius 3 is 2.23 bits per heavy atom. The number of amides is 1. The van der Waals surface area contributed by atoms with Crippen LogP contribution in [0.15, 0.2) is 89.8 Å². The number of anilines is 1. The van der Waals surface area contributed by atoms with Gasteiger partial charge in [0.1, 0.15) is 0 Å². The first-order valence-corrected chi connectivity index (χ1v) is 13.7. The topological polar surface area (TPSA) is 80.3 Å². The van der Waals surface area contributed by atoms with Crippen LogP contribution < -0.4 is 5.32 Å². The van der Waals surface area contributed by atoms with Crippen LogP contribution in [0.5, 0.6) is 0 Å². The van der Waals surface area contributed by atoms with E-state index in [0.29, 0.717) is 31.6 Å². The molecule has 3 aromatic carbocycles. The van der Waals surface area contributed by atoms with Gasteiger partial charge in [-0.05, 0) is 41.5 Å². The molecule has 0 saturated carbocycles. The zero-order valence-corrected chi connectivity index (χ0v) is 21.2. The van der Waals surface area contributed by atoms with Crippen molar-refractivity contribution in [1.82, 2.24) is 0 Å². The first-order valence-electron chi connectivity index (χ1n) is 10.9. The monoisotopic (exact) mass is 523 g/mol. The number of rotatable bonds is 8. The molecule has 0 atom stereocenters. The van der Waals surface area contributed by atoms with Crippen molar-refractivity contribution in [2.75, 3.05) is 11.1 Å². The molecule has 8 heteroatoms. The molecule has 0 fully saturated rings. The van der Waals surface area contributed by atoms with Crippen LogP contribution in [0.1, 0.15) is 27.7 Å². The SMILES string of the molecule is CCS(=O)(=O)c1ccc(CC(=O)Nc2cc(-c3ccccc3)c(C(=O)c3ccccc3Cl)s2)cc1. The van der Waals surface area contributed by atoms with Crippen LogP contribution in [0.4, 0.5) is 5.00 Å². The number of thiophene rings is 1. The zero-order valence-electron chi connectivity index (χ0n) is 18.8. The smallest absolute Gasteiger partial charge is 0.229 e. The van der Waals surface area contributed by atoms with E-state index in [1.807, 2.05) is 30.3 Å².